The summed E-state index contributed by atoms with van der Waals surface area (Å²) in [5.41, 5.74) is 5.07. The fourth-order valence-electron chi connectivity index (χ4n) is 5.33. The van der Waals surface area contributed by atoms with Crippen molar-refractivity contribution in [1.29, 1.82) is 0 Å². The molecule has 1 aliphatic heterocycles. The molecule has 5 rings (SSSR count). The van der Waals surface area contributed by atoms with Crippen molar-refractivity contribution in [2.24, 2.45) is 0 Å². The third-order valence-electron chi connectivity index (χ3n) is 7.80. The van der Waals surface area contributed by atoms with Crippen LogP contribution in [0.3, 0.4) is 0 Å². The predicted molar refractivity (Wildman–Crippen MR) is 182 cm³/mol. The summed E-state index contributed by atoms with van der Waals surface area (Å²) in [6.07, 6.45) is 10.2. The fourth-order valence-corrected chi connectivity index (χ4v) is 5.33. The predicted octanol–water partition coefficient (Wildman–Crippen LogP) is 2.63. The maximum Gasteiger partial charge on any atom is 0.314 e. The van der Waals surface area contributed by atoms with Gasteiger partial charge in [-0.05, 0) is 18.4 Å². The van der Waals surface area contributed by atoms with Gasteiger partial charge >= 0.3 is 5.91 Å². The first-order chi connectivity index (χ1) is 25.0. The lowest BCUT2D eigenvalue weighted by Gasteiger charge is -2.28. The van der Waals surface area contributed by atoms with Crippen LogP contribution in [0.1, 0.15) is 39.4 Å². The Hall–Kier alpha value is -5.91. The summed E-state index contributed by atoms with van der Waals surface area (Å²) < 4.78 is 22.6. The maximum atomic E-state index is 13.6. The largest absolute Gasteiger partial charge is 0.494 e. The lowest BCUT2D eigenvalue weighted by Crippen LogP contribution is -2.40. The van der Waals surface area contributed by atoms with Crippen LogP contribution in [0.15, 0.2) is 54.6 Å². The number of carbonyl (C=O) groups is 3. The van der Waals surface area contributed by atoms with E-state index in [0.717, 1.165) is 11.1 Å². The zero-order valence-electron chi connectivity index (χ0n) is 27.9. The van der Waals surface area contributed by atoms with E-state index in [2.05, 4.69) is 36.3 Å². The molecule has 16 heteroatoms. The standard InChI is InChI=1S/C35H36N8O8/c1-4-14-48-15-16-49-17-18-50-19-20-51-41-34(45)32-39-23-43(40-32)33-30-28(27(47-3)22-38-33)26(21-37-30)31(44)35(46)42-12-10-25(11-13-42)29(36-2)24-8-6-5-7-9-24/h1,5-9,21-23,37H,10-20H2,3H3,(H,41,45). The Morgan fingerprint density at radius 1 is 1.02 bits per heavy atom. The number of Topliss-reactive ketones (excluding diaryl/α,β-unsaturated/α-hetero) is 1. The molecule has 4 aromatic rings. The number of pyridine rings is 1. The molecule has 0 bridgehead atoms. The number of methoxy groups -OCH3 is 1. The number of terminal acetylenes is 1. The molecule has 4 heterocycles. The molecule has 2 N–H and O–H groups in total. The van der Waals surface area contributed by atoms with Gasteiger partial charge in [-0.1, -0.05) is 41.8 Å². The number of benzene rings is 1. The highest BCUT2D eigenvalue weighted by Crippen LogP contribution is 2.33. The van der Waals surface area contributed by atoms with Crippen LogP contribution in [0.5, 0.6) is 5.75 Å². The molecule has 0 spiro atoms. The summed E-state index contributed by atoms with van der Waals surface area (Å²) in [6.45, 7) is 10.3. The number of ether oxygens (including phenoxy) is 4. The summed E-state index contributed by atoms with van der Waals surface area (Å²) in [6, 6.07) is 9.43. The molecule has 1 saturated heterocycles. The molecule has 2 amide bonds. The van der Waals surface area contributed by atoms with E-state index in [4.69, 9.17) is 36.8 Å². The Morgan fingerprint density at radius 2 is 1.73 bits per heavy atom. The van der Waals surface area contributed by atoms with Gasteiger partial charge < -0.3 is 28.8 Å². The Bertz CT molecular complexity index is 1950. The highest BCUT2D eigenvalue weighted by atomic mass is 16.7. The second-order valence-corrected chi connectivity index (χ2v) is 10.9. The van der Waals surface area contributed by atoms with Crippen LogP contribution in [0.25, 0.3) is 27.3 Å². The van der Waals surface area contributed by atoms with Gasteiger partial charge in [0.2, 0.25) is 5.82 Å². The Morgan fingerprint density at radius 3 is 2.41 bits per heavy atom. The molecule has 0 radical (unpaired) electrons. The Kier molecular flexibility index (Phi) is 13.0. The van der Waals surface area contributed by atoms with Crippen LogP contribution in [-0.4, -0.2) is 114 Å². The Labute approximate surface area is 293 Å². The van der Waals surface area contributed by atoms with Gasteiger partial charge in [0.05, 0.1) is 76.0 Å². The minimum atomic E-state index is -0.726. The number of nitrogens with one attached hydrogen (secondary N) is 2. The van der Waals surface area contributed by atoms with E-state index < -0.39 is 17.6 Å². The number of hydroxylamine groups is 1. The maximum absolute atomic E-state index is 13.6. The second kappa shape index (κ2) is 18.2. The summed E-state index contributed by atoms with van der Waals surface area (Å²) >= 11 is 0. The number of fused-ring (bicyclic) bond motifs is 1. The number of ketones is 1. The number of likely N-dealkylation sites (tertiary alicyclic amines) is 1. The molecular weight excluding hydrogens is 660 g/mol. The summed E-state index contributed by atoms with van der Waals surface area (Å²) in [4.78, 5) is 61.5. The number of amides is 2. The molecule has 264 valence electrons. The normalized spacial score (nSPS) is 12.7. The van der Waals surface area contributed by atoms with Gasteiger partial charge in [-0.15, -0.1) is 11.5 Å². The van der Waals surface area contributed by atoms with Gasteiger partial charge in [-0.2, -0.15) is 4.68 Å². The van der Waals surface area contributed by atoms with E-state index >= 15 is 0 Å². The van der Waals surface area contributed by atoms with Crippen molar-refractivity contribution in [1.82, 2.24) is 35.1 Å². The van der Waals surface area contributed by atoms with Gasteiger partial charge in [-0.25, -0.2) is 20.3 Å². The quantitative estimate of drug-likeness (QED) is 0.0415. The van der Waals surface area contributed by atoms with Gasteiger partial charge in [0.1, 0.15) is 18.7 Å². The summed E-state index contributed by atoms with van der Waals surface area (Å²) in [5.74, 6) is 0.543. The summed E-state index contributed by atoms with van der Waals surface area (Å²) in [5, 5.41) is 4.53. The van der Waals surface area contributed by atoms with E-state index in [-0.39, 0.29) is 42.8 Å². The molecule has 1 aliphatic rings. The minimum Gasteiger partial charge on any atom is -0.494 e. The van der Waals surface area contributed by atoms with Crippen LogP contribution in [0.2, 0.25) is 0 Å². The van der Waals surface area contributed by atoms with Crippen molar-refractivity contribution in [3.8, 4) is 23.9 Å². The molecule has 0 saturated carbocycles. The zero-order chi connectivity index (χ0) is 36.0. The molecule has 1 fully saturated rings. The second-order valence-electron chi connectivity index (χ2n) is 10.9. The third kappa shape index (κ3) is 9.01. The number of carbonyl (C=O) groups excluding carboxylic acids is 3. The van der Waals surface area contributed by atoms with Crippen LogP contribution in [0, 0.1) is 18.9 Å². The lowest BCUT2D eigenvalue weighted by atomic mass is 9.97. The van der Waals surface area contributed by atoms with E-state index in [1.807, 2.05) is 30.3 Å². The molecular formula is C35H36N8O8. The molecule has 16 nitrogen and oxygen atoms in total. The Balaban J connectivity index is 1.18. The van der Waals surface area contributed by atoms with Crippen LogP contribution in [0.4, 0.5) is 0 Å². The lowest BCUT2D eigenvalue weighted by molar-refractivity contribution is -0.126. The first kappa shape index (κ1) is 36.4. The number of hydrogen-bond acceptors (Lipinski definition) is 11. The van der Waals surface area contributed by atoms with Gasteiger partial charge in [-0.3, -0.25) is 19.2 Å². The zero-order valence-corrected chi connectivity index (χ0v) is 27.9. The third-order valence-corrected chi connectivity index (χ3v) is 7.80. The monoisotopic (exact) mass is 696 g/mol. The van der Waals surface area contributed by atoms with Crippen LogP contribution < -0.4 is 10.2 Å². The number of H-pyrrole nitrogens is 1. The fraction of sp³-hybridized carbons (Fsp3) is 0.343. The smallest absolute Gasteiger partial charge is 0.314 e. The number of rotatable bonds is 17. The van der Waals surface area contributed by atoms with Crippen molar-refractivity contribution in [2.45, 2.75) is 12.8 Å². The van der Waals surface area contributed by atoms with Crippen LogP contribution >= 0.6 is 0 Å². The topological polar surface area (TPSA) is 176 Å². The number of aromatic nitrogens is 5. The highest BCUT2D eigenvalue weighted by Gasteiger charge is 2.30. The summed E-state index contributed by atoms with van der Waals surface area (Å²) in [7, 11) is 1.43. The van der Waals surface area contributed by atoms with Gasteiger partial charge in [0.25, 0.3) is 11.7 Å². The highest BCUT2D eigenvalue weighted by molar-refractivity contribution is 6.45. The van der Waals surface area contributed by atoms with Crippen LogP contribution in [-0.2, 0) is 23.8 Å². The van der Waals surface area contributed by atoms with Gasteiger partial charge in [0.15, 0.2) is 11.5 Å². The van der Waals surface area contributed by atoms with E-state index in [0.29, 0.717) is 69.0 Å². The van der Waals surface area contributed by atoms with Crippen molar-refractivity contribution < 1.29 is 38.2 Å². The first-order valence-electron chi connectivity index (χ1n) is 16.0. The van der Waals surface area contributed by atoms with Crippen molar-refractivity contribution in [2.75, 3.05) is 66.4 Å². The van der Waals surface area contributed by atoms with Gasteiger partial charge in [0, 0.05) is 19.3 Å². The molecule has 1 aromatic carbocycles. The first-order valence-corrected chi connectivity index (χ1v) is 16.0. The minimum absolute atomic E-state index is 0.0708. The molecule has 0 unspecified atom stereocenters. The SMILES string of the molecule is [C-]#[N+]C(=C1CCN(C(=O)C(=O)c2c[nH]c3c(-n4cnc(C(=O)NOCCOCCOCCOCC#C)n4)ncc(OC)c23)CC1)c1ccccc1. The molecule has 0 aliphatic carbocycles. The average Bonchev–Trinajstić information content (AvgIpc) is 3.84. The number of aromatic amines is 1. The van der Waals surface area contributed by atoms with Crippen molar-refractivity contribution >= 4 is 34.2 Å². The number of hydrogen-bond donors (Lipinski definition) is 2. The van der Waals surface area contributed by atoms with E-state index in [1.165, 1.54) is 35.4 Å². The molecule has 51 heavy (non-hydrogen) atoms. The molecule has 0 atom stereocenters. The van der Waals surface area contributed by atoms with Crippen molar-refractivity contribution in [3.63, 3.8) is 0 Å². The van der Waals surface area contributed by atoms with Crippen molar-refractivity contribution in [3.05, 3.63) is 83.0 Å². The van der Waals surface area contributed by atoms with E-state index in [1.54, 1.807) is 0 Å². The number of nitrogens with zero attached hydrogens (tertiary/aromatic N) is 6. The van der Waals surface area contributed by atoms with E-state index in [9.17, 15) is 14.4 Å². The average molecular weight is 697 g/mol. The molecule has 3 aromatic heterocycles. The number of piperidine rings is 1.